The number of halogens is 1. The van der Waals surface area contributed by atoms with Crippen LogP contribution in [0.1, 0.15) is 26.7 Å². The third kappa shape index (κ3) is 1.58. The second-order valence-electron chi connectivity index (χ2n) is 6.69. The van der Waals surface area contributed by atoms with E-state index in [0.717, 1.165) is 0 Å². The van der Waals surface area contributed by atoms with Crippen LogP contribution in [0.2, 0.25) is 0 Å². The van der Waals surface area contributed by atoms with Gasteiger partial charge in [0.2, 0.25) is 0 Å². The Bertz CT molecular complexity index is 546. The lowest BCUT2D eigenvalue weighted by molar-refractivity contribution is -0.168. The molecule has 0 aromatic carbocycles. The van der Waals surface area contributed by atoms with Crippen molar-refractivity contribution >= 4 is 27.7 Å². The van der Waals surface area contributed by atoms with Crippen molar-refractivity contribution in [2.45, 2.75) is 44.0 Å². The molecule has 3 aliphatic rings. The predicted octanol–water partition coefficient (Wildman–Crippen LogP) is 0.960. The van der Waals surface area contributed by atoms with Crippen molar-refractivity contribution in [3.05, 3.63) is 12.2 Å². The maximum Gasteiger partial charge on any atom is 0.339 e. The standard InChI is InChI=1S/C15H19BrO5/c1-8-3-4-9-11(21-12(18)14(9,19)7-16)13(2)10(17)5-6-15(8,13)20/h5-6,8-9,11,19-20H,3-4,7H2,1-2H3. The third-order valence-electron chi connectivity index (χ3n) is 5.83. The monoisotopic (exact) mass is 358 g/mol. The Kier molecular flexibility index (Phi) is 3.18. The van der Waals surface area contributed by atoms with Crippen molar-refractivity contribution < 1.29 is 24.5 Å². The summed E-state index contributed by atoms with van der Waals surface area (Å²) in [5.74, 6) is -1.63. The number of ketones is 1. The van der Waals surface area contributed by atoms with Gasteiger partial charge in [0.05, 0.1) is 5.41 Å². The quantitative estimate of drug-likeness (QED) is 0.538. The number of esters is 1. The third-order valence-corrected chi connectivity index (χ3v) is 6.69. The summed E-state index contributed by atoms with van der Waals surface area (Å²) in [5, 5.41) is 21.8. The summed E-state index contributed by atoms with van der Waals surface area (Å²) in [7, 11) is 0. The van der Waals surface area contributed by atoms with Crippen LogP contribution in [0.3, 0.4) is 0 Å². The van der Waals surface area contributed by atoms with E-state index in [-0.39, 0.29) is 17.0 Å². The van der Waals surface area contributed by atoms with E-state index >= 15 is 0 Å². The van der Waals surface area contributed by atoms with E-state index in [9.17, 15) is 19.8 Å². The van der Waals surface area contributed by atoms with Gasteiger partial charge in [-0.2, -0.15) is 0 Å². The van der Waals surface area contributed by atoms with Gasteiger partial charge in [-0.05, 0) is 37.8 Å². The molecule has 2 fully saturated rings. The molecule has 1 heterocycles. The van der Waals surface area contributed by atoms with Gasteiger partial charge in [0.15, 0.2) is 11.4 Å². The first kappa shape index (κ1) is 15.2. The van der Waals surface area contributed by atoms with Gasteiger partial charge in [-0.25, -0.2) is 4.79 Å². The second-order valence-corrected chi connectivity index (χ2v) is 7.25. The summed E-state index contributed by atoms with van der Waals surface area (Å²) < 4.78 is 5.41. The summed E-state index contributed by atoms with van der Waals surface area (Å²) in [4.78, 5) is 24.6. The summed E-state index contributed by atoms with van der Waals surface area (Å²) in [6, 6.07) is 0. The summed E-state index contributed by atoms with van der Waals surface area (Å²) >= 11 is 3.18. The highest BCUT2D eigenvalue weighted by Crippen LogP contribution is 2.57. The highest BCUT2D eigenvalue weighted by molar-refractivity contribution is 9.09. The predicted molar refractivity (Wildman–Crippen MR) is 77.7 cm³/mol. The molecule has 0 aromatic heterocycles. The molecule has 21 heavy (non-hydrogen) atoms. The second kappa shape index (κ2) is 4.40. The fourth-order valence-electron chi connectivity index (χ4n) is 4.21. The summed E-state index contributed by atoms with van der Waals surface area (Å²) in [6.07, 6.45) is 3.22. The molecular formula is C15H19BrO5. The minimum Gasteiger partial charge on any atom is -0.459 e. The van der Waals surface area contributed by atoms with Gasteiger partial charge in [0.25, 0.3) is 0 Å². The van der Waals surface area contributed by atoms with Crippen LogP contribution in [0.15, 0.2) is 12.2 Å². The van der Waals surface area contributed by atoms with E-state index < -0.39 is 34.6 Å². The number of ether oxygens (including phenoxy) is 1. The number of allylic oxidation sites excluding steroid dienone is 1. The van der Waals surface area contributed by atoms with Gasteiger partial charge in [0, 0.05) is 11.2 Å². The van der Waals surface area contributed by atoms with Gasteiger partial charge in [-0.15, -0.1) is 0 Å². The first-order chi connectivity index (χ1) is 9.71. The van der Waals surface area contributed by atoms with Crippen molar-refractivity contribution in [3.8, 4) is 0 Å². The first-order valence-corrected chi connectivity index (χ1v) is 8.29. The number of carbonyl (C=O) groups excluding carboxylic acids is 2. The molecule has 116 valence electrons. The van der Waals surface area contributed by atoms with E-state index in [2.05, 4.69) is 15.9 Å². The Labute approximate surface area is 131 Å². The molecule has 6 atom stereocenters. The number of aliphatic hydroxyl groups is 2. The number of hydrogen-bond donors (Lipinski definition) is 2. The SMILES string of the molecule is CC1CCC2C(OC(=O)C2(O)CBr)C2(C)C(=O)C=CC12O. The van der Waals surface area contributed by atoms with E-state index in [1.54, 1.807) is 6.92 Å². The molecule has 0 bridgehead atoms. The highest BCUT2D eigenvalue weighted by atomic mass is 79.9. The maximum atomic E-state index is 12.5. The van der Waals surface area contributed by atoms with Crippen LogP contribution < -0.4 is 0 Å². The van der Waals surface area contributed by atoms with Crippen LogP contribution >= 0.6 is 15.9 Å². The molecule has 0 spiro atoms. The maximum absolute atomic E-state index is 12.5. The Morgan fingerprint density at radius 2 is 2.05 bits per heavy atom. The van der Waals surface area contributed by atoms with Crippen molar-refractivity contribution in [1.29, 1.82) is 0 Å². The smallest absolute Gasteiger partial charge is 0.339 e. The van der Waals surface area contributed by atoms with Crippen LogP contribution in [0.4, 0.5) is 0 Å². The molecule has 6 heteroatoms. The van der Waals surface area contributed by atoms with Gasteiger partial charge < -0.3 is 14.9 Å². The van der Waals surface area contributed by atoms with Crippen LogP contribution in [-0.4, -0.2) is 44.6 Å². The Balaban J connectivity index is 2.15. The number of carbonyl (C=O) groups is 2. The van der Waals surface area contributed by atoms with Gasteiger partial charge in [-0.3, -0.25) is 4.79 Å². The zero-order chi connectivity index (χ0) is 15.6. The number of fused-ring (bicyclic) bond motifs is 3. The van der Waals surface area contributed by atoms with E-state index in [1.165, 1.54) is 12.2 Å². The number of alkyl halides is 1. The molecule has 1 saturated carbocycles. The summed E-state index contributed by atoms with van der Waals surface area (Å²) in [5.41, 5.74) is -4.22. The minimum absolute atomic E-state index is 0.0600. The van der Waals surface area contributed by atoms with Crippen molar-refractivity contribution in [1.82, 2.24) is 0 Å². The molecular weight excluding hydrogens is 340 g/mol. The molecule has 2 aliphatic carbocycles. The fraction of sp³-hybridized carbons (Fsp3) is 0.733. The average Bonchev–Trinajstić information content (AvgIpc) is 2.82. The van der Waals surface area contributed by atoms with Crippen molar-refractivity contribution in [2.24, 2.45) is 17.3 Å². The van der Waals surface area contributed by atoms with E-state index in [0.29, 0.717) is 12.8 Å². The van der Waals surface area contributed by atoms with Crippen LogP contribution in [0.25, 0.3) is 0 Å². The Morgan fingerprint density at radius 1 is 1.38 bits per heavy atom. The molecule has 0 radical (unpaired) electrons. The largest absolute Gasteiger partial charge is 0.459 e. The molecule has 1 saturated heterocycles. The Morgan fingerprint density at radius 3 is 2.67 bits per heavy atom. The lowest BCUT2D eigenvalue weighted by Gasteiger charge is -2.43. The van der Waals surface area contributed by atoms with Crippen LogP contribution in [0, 0.1) is 17.3 Å². The molecule has 2 N–H and O–H groups in total. The number of rotatable bonds is 1. The first-order valence-electron chi connectivity index (χ1n) is 7.17. The normalized spacial score (nSPS) is 52.3. The van der Waals surface area contributed by atoms with Crippen LogP contribution in [0.5, 0.6) is 0 Å². The molecule has 0 amide bonds. The van der Waals surface area contributed by atoms with Crippen LogP contribution in [-0.2, 0) is 14.3 Å². The van der Waals surface area contributed by atoms with Gasteiger partial charge in [0.1, 0.15) is 11.7 Å². The Hall–Kier alpha value is -0.720. The zero-order valence-corrected chi connectivity index (χ0v) is 13.6. The van der Waals surface area contributed by atoms with E-state index in [1.807, 2.05) is 6.92 Å². The van der Waals surface area contributed by atoms with Gasteiger partial charge >= 0.3 is 5.97 Å². The fourth-order valence-corrected chi connectivity index (χ4v) is 4.85. The molecule has 1 aliphatic heterocycles. The molecule has 0 aromatic rings. The lowest BCUT2D eigenvalue weighted by Crippen LogP contribution is -2.57. The lowest BCUT2D eigenvalue weighted by atomic mass is 9.64. The topological polar surface area (TPSA) is 83.8 Å². The molecule has 3 rings (SSSR count). The molecule has 6 unspecified atom stereocenters. The number of hydrogen-bond acceptors (Lipinski definition) is 5. The average molecular weight is 359 g/mol. The van der Waals surface area contributed by atoms with Gasteiger partial charge in [-0.1, -0.05) is 22.9 Å². The van der Waals surface area contributed by atoms with Crippen molar-refractivity contribution in [2.75, 3.05) is 5.33 Å². The molecule has 5 nitrogen and oxygen atoms in total. The minimum atomic E-state index is -1.64. The summed E-state index contributed by atoms with van der Waals surface area (Å²) in [6.45, 7) is 3.53. The highest BCUT2D eigenvalue weighted by Gasteiger charge is 2.70. The zero-order valence-electron chi connectivity index (χ0n) is 12.0. The van der Waals surface area contributed by atoms with E-state index in [4.69, 9.17) is 4.74 Å². The van der Waals surface area contributed by atoms with Crippen molar-refractivity contribution in [3.63, 3.8) is 0 Å².